The van der Waals surface area contributed by atoms with Crippen LogP contribution in [0.3, 0.4) is 0 Å². The summed E-state index contributed by atoms with van der Waals surface area (Å²) in [4.78, 5) is 43.4. The highest BCUT2D eigenvalue weighted by Crippen LogP contribution is 2.32. The Labute approximate surface area is 187 Å². The van der Waals surface area contributed by atoms with Crippen LogP contribution < -0.4 is 10.6 Å². The van der Waals surface area contributed by atoms with Crippen molar-refractivity contribution in [1.29, 1.82) is 0 Å². The van der Waals surface area contributed by atoms with Crippen LogP contribution in [0.1, 0.15) is 32.4 Å². The molecular weight excluding hydrogens is 418 g/mol. The molecule has 2 aliphatic rings. The average Bonchev–Trinajstić information content (AvgIpc) is 3.26. The number of esters is 1. The summed E-state index contributed by atoms with van der Waals surface area (Å²) in [5.74, 6) is -0.422. The molecule has 0 aromatic carbocycles. The number of nitrogens with zero attached hydrogens (tertiary/aromatic N) is 3. The van der Waals surface area contributed by atoms with E-state index in [1.807, 2.05) is 35.6 Å². The molecule has 2 aliphatic heterocycles. The molecule has 1 aromatic rings. The summed E-state index contributed by atoms with van der Waals surface area (Å²) >= 11 is 1.51. The molecular formula is C21H31N5O4S. The molecule has 0 bridgehead atoms. The molecule has 4 amide bonds. The minimum absolute atomic E-state index is 0.0161. The third-order valence-electron chi connectivity index (χ3n) is 5.62. The number of piperazine rings is 1. The summed E-state index contributed by atoms with van der Waals surface area (Å²) in [6.45, 7) is 8.83. The fourth-order valence-electron chi connectivity index (χ4n) is 4.03. The molecule has 0 spiro atoms. The van der Waals surface area contributed by atoms with E-state index >= 15 is 0 Å². The van der Waals surface area contributed by atoms with Gasteiger partial charge in [0, 0.05) is 51.5 Å². The van der Waals surface area contributed by atoms with E-state index < -0.39 is 12.0 Å². The highest BCUT2D eigenvalue weighted by atomic mass is 32.1. The van der Waals surface area contributed by atoms with Gasteiger partial charge in [0.25, 0.3) is 0 Å². The average molecular weight is 450 g/mol. The number of carbonyl (C=O) groups excluding carboxylic acids is 3. The molecule has 31 heavy (non-hydrogen) atoms. The maximum Gasteiger partial charge on any atom is 0.338 e. The Bertz CT molecular complexity index is 841. The summed E-state index contributed by atoms with van der Waals surface area (Å²) in [5, 5.41) is 9.63. The predicted octanol–water partition coefficient (Wildman–Crippen LogP) is 2.00. The van der Waals surface area contributed by atoms with Crippen LogP contribution in [0.25, 0.3) is 0 Å². The van der Waals surface area contributed by atoms with Gasteiger partial charge >= 0.3 is 18.0 Å². The lowest BCUT2D eigenvalue weighted by molar-refractivity contribution is -0.139. The van der Waals surface area contributed by atoms with Crippen molar-refractivity contribution >= 4 is 29.4 Å². The Morgan fingerprint density at radius 2 is 2.10 bits per heavy atom. The standard InChI is InChI=1S/C21H31N5O4S/c1-5-22-20(28)26-9-8-25(11-14(26)3)12-16-17(19(27)30-6-2)18(15-7-10-31-13-15)23-21(29)24(16)4/h7,10,13-14,18H,5-6,8-9,11-12H2,1-4H3,(H,22,28)(H,23,29)/t14-,18+/m1/s1. The van der Waals surface area contributed by atoms with E-state index in [2.05, 4.69) is 15.5 Å². The van der Waals surface area contributed by atoms with Gasteiger partial charge in [0.1, 0.15) is 0 Å². The van der Waals surface area contributed by atoms with Crippen LogP contribution in [-0.4, -0.2) is 85.2 Å². The Kier molecular flexibility index (Phi) is 7.55. The van der Waals surface area contributed by atoms with Crippen molar-refractivity contribution in [3.8, 4) is 0 Å². The van der Waals surface area contributed by atoms with Gasteiger partial charge in [-0.15, -0.1) is 0 Å². The zero-order valence-corrected chi connectivity index (χ0v) is 19.3. The van der Waals surface area contributed by atoms with Crippen LogP contribution in [-0.2, 0) is 9.53 Å². The first-order chi connectivity index (χ1) is 14.9. The van der Waals surface area contributed by atoms with Crippen LogP contribution in [0.4, 0.5) is 9.59 Å². The van der Waals surface area contributed by atoms with Crippen molar-refractivity contribution in [2.45, 2.75) is 32.9 Å². The number of thiophene rings is 1. The minimum Gasteiger partial charge on any atom is -0.463 e. The molecule has 0 radical (unpaired) electrons. The number of hydrogen-bond donors (Lipinski definition) is 2. The second-order valence-electron chi connectivity index (χ2n) is 7.69. The third-order valence-corrected chi connectivity index (χ3v) is 6.32. The maximum absolute atomic E-state index is 13.0. The number of amides is 4. The molecule has 10 heteroatoms. The molecule has 0 unspecified atom stereocenters. The van der Waals surface area contributed by atoms with Gasteiger partial charge in [-0.3, -0.25) is 9.80 Å². The number of carbonyl (C=O) groups is 3. The monoisotopic (exact) mass is 449 g/mol. The van der Waals surface area contributed by atoms with E-state index in [4.69, 9.17) is 4.74 Å². The van der Waals surface area contributed by atoms with E-state index in [0.717, 1.165) is 5.56 Å². The fourth-order valence-corrected chi connectivity index (χ4v) is 4.72. The van der Waals surface area contributed by atoms with Crippen molar-refractivity contribution in [3.63, 3.8) is 0 Å². The first-order valence-electron chi connectivity index (χ1n) is 10.6. The van der Waals surface area contributed by atoms with Crippen LogP contribution in [0.15, 0.2) is 28.1 Å². The normalized spacial score (nSPS) is 22.4. The van der Waals surface area contributed by atoms with E-state index in [0.29, 0.717) is 44.0 Å². The van der Waals surface area contributed by atoms with Gasteiger partial charge in [0.15, 0.2) is 0 Å². The second kappa shape index (κ2) is 10.1. The summed E-state index contributed by atoms with van der Waals surface area (Å²) in [6, 6.07) is 1.06. The lowest BCUT2D eigenvalue weighted by atomic mass is 9.96. The maximum atomic E-state index is 13.0. The van der Waals surface area contributed by atoms with E-state index in [-0.39, 0.29) is 24.7 Å². The van der Waals surface area contributed by atoms with Gasteiger partial charge in [-0.2, -0.15) is 11.3 Å². The van der Waals surface area contributed by atoms with E-state index in [9.17, 15) is 14.4 Å². The third kappa shape index (κ3) is 5.01. The fraction of sp³-hybridized carbons (Fsp3) is 0.571. The molecule has 2 atom stereocenters. The Balaban J connectivity index is 1.88. The molecule has 3 rings (SSSR count). The van der Waals surface area contributed by atoms with Gasteiger partial charge in [0.05, 0.1) is 18.2 Å². The molecule has 2 N–H and O–H groups in total. The van der Waals surface area contributed by atoms with Gasteiger partial charge in [-0.25, -0.2) is 14.4 Å². The van der Waals surface area contributed by atoms with Crippen LogP contribution in [0.2, 0.25) is 0 Å². The van der Waals surface area contributed by atoms with Crippen molar-refractivity contribution in [2.75, 3.05) is 46.4 Å². The Morgan fingerprint density at radius 1 is 1.32 bits per heavy atom. The molecule has 9 nitrogen and oxygen atoms in total. The topological polar surface area (TPSA) is 94.2 Å². The van der Waals surface area contributed by atoms with Gasteiger partial charge in [-0.1, -0.05) is 0 Å². The predicted molar refractivity (Wildman–Crippen MR) is 119 cm³/mol. The summed E-state index contributed by atoms with van der Waals surface area (Å²) in [6.07, 6.45) is 0. The minimum atomic E-state index is -0.543. The molecule has 0 saturated carbocycles. The van der Waals surface area contributed by atoms with E-state index in [1.54, 1.807) is 14.0 Å². The smallest absolute Gasteiger partial charge is 0.338 e. The Hall–Kier alpha value is -2.59. The second-order valence-corrected chi connectivity index (χ2v) is 8.47. The molecule has 170 valence electrons. The summed E-state index contributed by atoms with van der Waals surface area (Å²) in [7, 11) is 1.67. The number of likely N-dealkylation sites (N-methyl/N-ethyl adjacent to an activating group) is 1. The number of rotatable bonds is 6. The zero-order valence-electron chi connectivity index (χ0n) is 18.5. The number of hydrogen-bond acceptors (Lipinski definition) is 6. The SMILES string of the molecule is CCNC(=O)N1CCN(CC2=C(C(=O)OCC)[C@H](c3ccsc3)NC(=O)N2C)C[C@H]1C. The lowest BCUT2D eigenvalue weighted by Crippen LogP contribution is -2.57. The highest BCUT2D eigenvalue weighted by Gasteiger charge is 2.38. The molecule has 1 fully saturated rings. The number of urea groups is 2. The van der Waals surface area contributed by atoms with Crippen LogP contribution in [0, 0.1) is 0 Å². The quantitative estimate of drug-likeness (QED) is 0.648. The van der Waals surface area contributed by atoms with Gasteiger partial charge < -0.3 is 20.3 Å². The first-order valence-corrected chi connectivity index (χ1v) is 11.5. The van der Waals surface area contributed by atoms with E-state index in [1.165, 1.54) is 16.2 Å². The molecule has 1 saturated heterocycles. The lowest BCUT2D eigenvalue weighted by Gasteiger charge is -2.42. The van der Waals surface area contributed by atoms with Gasteiger partial charge in [-0.05, 0) is 43.2 Å². The van der Waals surface area contributed by atoms with Crippen molar-refractivity contribution in [3.05, 3.63) is 33.7 Å². The van der Waals surface area contributed by atoms with Crippen LogP contribution >= 0.6 is 11.3 Å². The van der Waals surface area contributed by atoms with Crippen molar-refractivity contribution in [2.24, 2.45) is 0 Å². The molecule has 3 heterocycles. The number of nitrogens with one attached hydrogen (secondary N) is 2. The summed E-state index contributed by atoms with van der Waals surface area (Å²) in [5.41, 5.74) is 1.96. The summed E-state index contributed by atoms with van der Waals surface area (Å²) < 4.78 is 5.36. The zero-order chi connectivity index (χ0) is 22.5. The van der Waals surface area contributed by atoms with Crippen LogP contribution in [0.5, 0.6) is 0 Å². The van der Waals surface area contributed by atoms with Gasteiger partial charge in [0.2, 0.25) is 0 Å². The Morgan fingerprint density at radius 3 is 2.71 bits per heavy atom. The van der Waals surface area contributed by atoms with Crippen molar-refractivity contribution in [1.82, 2.24) is 25.3 Å². The van der Waals surface area contributed by atoms with Crippen molar-refractivity contribution < 1.29 is 19.1 Å². The highest BCUT2D eigenvalue weighted by molar-refractivity contribution is 7.08. The first kappa shape index (κ1) is 23.1. The molecule has 0 aliphatic carbocycles. The number of ether oxygens (including phenoxy) is 1. The molecule has 1 aromatic heterocycles. The largest absolute Gasteiger partial charge is 0.463 e.